The van der Waals surface area contributed by atoms with E-state index in [0.717, 1.165) is 25.7 Å². The van der Waals surface area contributed by atoms with E-state index in [9.17, 15) is 0 Å². The van der Waals surface area contributed by atoms with Crippen LogP contribution in [0.15, 0.2) is 23.0 Å². The highest BCUT2D eigenvalue weighted by Gasteiger charge is 2.28. The number of hydrogen-bond acceptors (Lipinski definition) is 3. The van der Waals surface area contributed by atoms with Gasteiger partial charge in [-0.1, -0.05) is 13.8 Å². The molecule has 0 amide bonds. The fourth-order valence-corrected chi connectivity index (χ4v) is 2.37. The van der Waals surface area contributed by atoms with Crippen molar-refractivity contribution in [2.75, 3.05) is 20.1 Å². The minimum atomic E-state index is 0.362. The number of nitrogens with zero attached hydrogens (tertiary/aromatic N) is 1. The molecule has 0 aromatic carbocycles. The van der Waals surface area contributed by atoms with Crippen LogP contribution in [-0.2, 0) is 6.54 Å². The molecule has 1 unspecified atom stereocenters. The largest absolute Gasteiger partial charge is 0.472 e. The second kappa shape index (κ2) is 5.89. The molecule has 3 nitrogen and oxygen atoms in total. The van der Waals surface area contributed by atoms with Gasteiger partial charge in [-0.25, -0.2) is 0 Å². The lowest BCUT2D eigenvalue weighted by molar-refractivity contribution is 0.174. The summed E-state index contributed by atoms with van der Waals surface area (Å²) in [7, 11) is 2.19. The SMILES string of the molecule is CCC(C)(CNC1CC1)CN(C)Cc1ccoc1. The Kier molecular flexibility index (Phi) is 4.46. The summed E-state index contributed by atoms with van der Waals surface area (Å²) in [5, 5.41) is 3.67. The van der Waals surface area contributed by atoms with Gasteiger partial charge in [0.15, 0.2) is 0 Å². The molecule has 102 valence electrons. The third-order valence-corrected chi connectivity index (χ3v) is 3.93. The number of rotatable bonds is 8. The lowest BCUT2D eigenvalue weighted by Crippen LogP contribution is -2.41. The van der Waals surface area contributed by atoms with Crippen molar-refractivity contribution in [1.82, 2.24) is 10.2 Å². The van der Waals surface area contributed by atoms with Crippen molar-refractivity contribution in [3.8, 4) is 0 Å². The molecule has 0 aliphatic heterocycles. The summed E-state index contributed by atoms with van der Waals surface area (Å²) in [6.07, 6.45) is 7.52. The van der Waals surface area contributed by atoms with Crippen LogP contribution in [0, 0.1) is 5.41 Å². The van der Waals surface area contributed by atoms with E-state index in [-0.39, 0.29) is 0 Å². The van der Waals surface area contributed by atoms with E-state index in [1.165, 1.54) is 24.8 Å². The van der Waals surface area contributed by atoms with E-state index >= 15 is 0 Å². The highest BCUT2D eigenvalue weighted by atomic mass is 16.3. The van der Waals surface area contributed by atoms with Crippen molar-refractivity contribution in [1.29, 1.82) is 0 Å². The molecule has 1 aliphatic carbocycles. The smallest absolute Gasteiger partial charge is 0.0947 e. The Bertz CT molecular complexity index is 345. The third-order valence-electron chi connectivity index (χ3n) is 3.93. The summed E-state index contributed by atoms with van der Waals surface area (Å²) in [4.78, 5) is 2.39. The normalized spacial score (nSPS) is 19.1. The standard InChI is InChI=1S/C15H26N2O/c1-4-15(2,11-16-14-5-6-14)12-17(3)9-13-7-8-18-10-13/h7-8,10,14,16H,4-6,9,11-12H2,1-3H3. The summed E-state index contributed by atoms with van der Waals surface area (Å²) in [5.74, 6) is 0. The van der Waals surface area contributed by atoms with Crippen molar-refractivity contribution in [2.45, 2.75) is 45.7 Å². The minimum absolute atomic E-state index is 0.362. The number of hydrogen-bond donors (Lipinski definition) is 1. The van der Waals surface area contributed by atoms with Gasteiger partial charge in [-0.15, -0.1) is 0 Å². The van der Waals surface area contributed by atoms with Gasteiger partial charge in [0, 0.05) is 31.2 Å². The Hall–Kier alpha value is -0.800. The molecule has 0 spiro atoms. The van der Waals surface area contributed by atoms with E-state index in [0.29, 0.717) is 5.41 Å². The molecular formula is C15H26N2O. The van der Waals surface area contributed by atoms with Crippen molar-refractivity contribution in [2.24, 2.45) is 5.41 Å². The molecule has 0 saturated heterocycles. The van der Waals surface area contributed by atoms with Crippen molar-refractivity contribution in [3.05, 3.63) is 24.2 Å². The summed E-state index contributed by atoms with van der Waals surface area (Å²) >= 11 is 0. The molecular weight excluding hydrogens is 224 g/mol. The second-order valence-electron chi connectivity index (χ2n) is 6.12. The highest BCUT2D eigenvalue weighted by Crippen LogP contribution is 2.25. The van der Waals surface area contributed by atoms with Crippen LogP contribution in [0.4, 0.5) is 0 Å². The Balaban J connectivity index is 1.79. The summed E-state index contributed by atoms with van der Waals surface area (Å²) in [6, 6.07) is 2.84. The monoisotopic (exact) mass is 250 g/mol. The van der Waals surface area contributed by atoms with E-state index in [1.54, 1.807) is 6.26 Å². The molecule has 2 rings (SSSR count). The maximum atomic E-state index is 5.12. The van der Waals surface area contributed by atoms with Gasteiger partial charge in [-0.3, -0.25) is 0 Å². The van der Waals surface area contributed by atoms with Crippen LogP contribution in [0.25, 0.3) is 0 Å². The molecule has 1 aliphatic rings. The third kappa shape index (κ3) is 4.14. The molecule has 1 fully saturated rings. The Morgan fingerprint density at radius 1 is 1.50 bits per heavy atom. The number of furan rings is 1. The minimum Gasteiger partial charge on any atom is -0.472 e. The molecule has 1 saturated carbocycles. The van der Waals surface area contributed by atoms with Gasteiger partial charge in [0.25, 0.3) is 0 Å². The number of nitrogens with one attached hydrogen (secondary N) is 1. The van der Waals surface area contributed by atoms with E-state index in [2.05, 4.69) is 31.1 Å². The average Bonchev–Trinajstić information content (AvgIpc) is 3.04. The second-order valence-corrected chi connectivity index (χ2v) is 6.12. The predicted octanol–water partition coefficient (Wildman–Crippen LogP) is 2.88. The van der Waals surface area contributed by atoms with Crippen molar-refractivity contribution >= 4 is 0 Å². The van der Waals surface area contributed by atoms with Gasteiger partial charge in [-0.2, -0.15) is 0 Å². The van der Waals surface area contributed by atoms with Crippen LogP contribution < -0.4 is 5.32 Å². The van der Waals surface area contributed by atoms with Gasteiger partial charge in [-0.05, 0) is 37.8 Å². The first-order chi connectivity index (χ1) is 8.61. The van der Waals surface area contributed by atoms with Crippen LogP contribution in [-0.4, -0.2) is 31.1 Å². The first kappa shape index (κ1) is 13.6. The van der Waals surface area contributed by atoms with Gasteiger partial charge < -0.3 is 14.6 Å². The Morgan fingerprint density at radius 3 is 2.83 bits per heavy atom. The van der Waals surface area contributed by atoms with E-state index in [4.69, 9.17) is 4.42 Å². The zero-order valence-electron chi connectivity index (χ0n) is 11.9. The first-order valence-corrected chi connectivity index (χ1v) is 7.04. The van der Waals surface area contributed by atoms with Gasteiger partial charge in [0.05, 0.1) is 12.5 Å². The van der Waals surface area contributed by atoms with Crippen LogP contribution in [0.5, 0.6) is 0 Å². The van der Waals surface area contributed by atoms with Gasteiger partial charge in [0.2, 0.25) is 0 Å². The topological polar surface area (TPSA) is 28.4 Å². The van der Waals surface area contributed by atoms with Crippen LogP contribution in [0.1, 0.15) is 38.7 Å². The summed E-state index contributed by atoms with van der Waals surface area (Å²) in [6.45, 7) is 7.89. The fraction of sp³-hybridized carbons (Fsp3) is 0.733. The fourth-order valence-electron chi connectivity index (χ4n) is 2.37. The van der Waals surface area contributed by atoms with Crippen molar-refractivity contribution in [3.63, 3.8) is 0 Å². The van der Waals surface area contributed by atoms with E-state index < -0.39 is 0 Å². The van der Waals surface area contributed by atoms with Crippen molar-refractivity contribution < 1.29 is 4.42 Å². The predicted molar refractivity (Wildman–Crippen MR) is 74.5 cm³/mol. The molecule has 1 heterocycles. The zero-order chi connectivity index (χ0) is 13.0. The van der Waals surface area contributed by atoms with Gasteiger partial charge in [0.1, 0.15) is 0 Å². The molecule has 18 heavy (non-hydrogen) atoms. The molecule has 1 aromatic rings. The zero-order valence-corrected chi connectivity index (χ0v) is 11.9. The average molecular weight is 250 g/mol. The van der Waals surface area contributed by atoms with Crippen LogP contribution in [0.3, 0.4) is 0 Å². The molecule has 3 heteroatoms. The first-order valence-electron chi connectivity index (χ1n) is 7.04. The Morgan fingerprint density at radius 2 is 2.28 bits per heavy atom. The summed E-state index contributed by atoms with van der Waals surface area (Å²) < 4.78 is 5.12. The lowest BCUT2D eigenvalue weighted by Gasteiger charge is -2.33. The highest BCUT2D eigenvalue weighted by molar-refractivity contribution is 5.04. The molecule has 1 N–H and O–H groups in total. The quantitative estimate of drug-likeness (QED) is 0.769. The summed E-state index contributed by atoms with van der Waals surface area (Å²) in [5.41, 5.74) is 1.62. The van der Waals surface area contributed by atoms with Gasteiger partial charge >= 0.3 is 0 Å². The maximum Gasteiger partial charge on any atom is 0.0947 e. The van der Waals surface area contributed by atoms with Crippen LogP contribution in [0.2, 0.25) is 0 Å². The maximum absolute atomic E-state index is 5.12. The molecule has 0 radical (unpaired) electrons. The van der Waals surface area contributed by atoms with E-state index in [1.807, 2.05) is 12.3 Å². The molecule has 0 bridgehead atoms. The lowest BCUT2D eigenvalue weighted by atomic mass is 9.86. The van der Waals surface area contributed by atoms with Crippen LogP contribution >= 0.6 is 0 Å². The molecule has 1 atom stereocenters. The molecule has 1 aromatic heterocycles. The Labute approximate surface area is 111 Å².